The SMILES string of the molecule is CCN(CC)C(=O)c1ccc(C)c(-c2nc(NCCN(C)C)nc3c2CNC(=O)N3c2c(F)cccc2F)c1. The zero-order valence-electron chi connectivity index (χ0n) is 22.8. The van der Waals surface area contributed by atoms with E-state index in [1.54, 1.807) is 17.0 Å². The molecule has 0 fully saturated rings. The Hall–Kier alpha value is -4.12. The number of anilines is 3. The second-order valence-electron chi connectivity index (χ2n) is 9.50. The van der Waals surface area contributed by atoms with Crippen LogP contribution in [0.2, 0.25) is 0 Å². The summed E-state index contributed by atoms with van der Waals surface area (Å²) in [6.07, 6.45) is 0. The Kier molecular flexibility index (Phi) is 8.39. The van der Waals surface area contributed by atoms with Crippen molar-refractivity contribution in [2.24, 2.45) is 0 Å². The summed E-state index contributed by atoms with van der Waals surface area (Å²) in [5.41, 5.74) is 2.40. The molecule has 0 aliphatic carbocycles. The van der Waals surface area contributed by atoms with E-state index in [9.17, 15) is 18.4 Å². The van der Waals surface area contributed by atoms with Crippen LogP contribution in [-0.2, 0) is 6.54 Å². The lowest BCUT2D eigenvalue weighted by Crippen LogP contribution is -2.43. The van der Waals surface area contributed by atoms with Gasteiger partial charge in [-0.2, -0.15) is 4.98 Å². The van der Waals surface area contributed by atoms with Crippen LogP contribution in [0.15, 0.2) is 36.4 Å². The zero-order chi connectivity index (χ0) is 28.3. The second-order valence-corrected chi connectivity index (χ2v) is 9.50. The number of urea groups is 1. The predicted octanol–water partition coefficient (Wildman–Crippen LogP) is 4.55. The van der Waals surface area contributed by atoms with Crippen molar-refractivity contribution in [1.29, 1.82) is 0 Å². The number of amides is 3. The van der Waals surface area contributed by atoms with E-state index in [0.717, 1.165) is 22.6 Å². The van der Waals surface area contributed by atoms with Crippen molar-refractivity contribution in [3.63, 3.8) is 0 Å². The fourth-order valence-electron chi connectivity index (χ4n) is 4.47. The van der Waals surface area contributed by atoms with E-state index < -0.39 is 23.4 Å². The van der Waals surface area contributed by atoms with E-state index in [0.29, 0.717) is 48.6 Å². The van der Waals surface area contributed by atoms with Crippen LogP contribution in [-0.4, -0.2) is 72.0 Å². The number of likely N-dealkylation sites (N-methyl/N-ethyl adjacent to an activating group) is 1. The second kappa shape index (κ2) is 11.7. The molecule has 1 aliphatic heterocycles. The average Bonchev–Trinajstić information content (AvgIpc) is 2.90. The van der Waals surface area contributed by atoms with Gasteiger partial charge in [-0.15, -0.1) is 0 Å². The molecule has 0 unspecified atom stereocenters. The van der Waals surface area contributed by atoms with Crippen molar-refractivity contribution in [2.45, 2.75) is 27.3 Å². The first-order valence-corrected chi connectivity index (χ1v) is 12.9. The Morgan fingerprint density at radius 3 is 2.44 bits per heavy atom. The van der Waals surface area contributed by atoms with Crippen molar-refractivity contribution < 1.29 is 18.4 Å². The van der Waals surface area contributed by atoms with Gasteiger partial charge in [0.15, 0.2) is 5.82 Å². The van der Waals surface area contributed by atoms with Gasteiger partial charge in [-0.3, -0.25) is 4.79 Å². The molecule has 39 heavy (non-hydrogen) atoms. The molecule has 0 atom stereocenters. The van der Waals surface area contributed by atoms with Gasteiger partial charge in [0.05, 0.1) is 12.2 Å². The number of para-hydroxylation sites is 1. The number of benzene rings is 2. The summed E-state index contributed by atoms with van der Waals surface area (Å²) < 4.78 is 29.8. The van der Waals surface area contributed by atoms with Gasteiger partial charge in [0, 0.05) is 42.9 Å². The summed E-state index contributed by atoms with van der Waals surface area (Å²) in [6, 6.07) is 8.08. The number of carbonyl (C=O) groups excluding carboxylic acids is 2. The first-order chi connectivity index (χ1) is 18.7. The number of nitrogens with zero attached hydrogens (tertiary/aromatic N) is 5. The summed E-state index contributed by atoms with van der Waals surface area (Å²) in [5.74, 6) is -1.65. The molecule has 0 bridgehead atoms. The fourth-order valence-corrected chi connectivity index (χ4v) is 4.47. The quantitative estimate of drug-likeness (QED) is 0.416. The van der Waals surface area contributed by atoms with Gasteiger partial charge in [0.2, 0.25) is 5.95 Å². The first kappa shape index (κ1) is 27.9. The van der Waals surface area contributed by atoms with Gasteiger partial charge in [-0.1, -0.05) is 12.1 Å². The molecule has 9 nitrogen and oxygen atoms in total. The molecule has 0 radical (unpaired) electrons. The first-order valence-electron chi connectivity index (χ1n) is 12.9. The number of halogens is 2. The summed E-state index contributed by atoms with van der Waals surface area (Å²) in [4.78, 5) is 40.1. The van der Waals surface area contributed by atoms with Crippen LogP contribution in [0.1, 0.15) is 35.3 Å². The van der Waals surface area contributed by atoms with Gasteiger partial charge in [0.1, 0.15) is 17.3 Å². The molecule has 0 saturated carbocycles. The molecule has 11 heteroatoms. The van der Waals surface area contributed by atoms with E-state index in [-0.39, 0.29) is 24.2 Å². The number of fused-ring (bicyclic) bond motifs is 1. The predicted molar refractivity (Wildman–Crippen MR) is 147 cm³/mol. The molecule has 2 heterocycles. The number of rotatable bonds is 9. The maximum atomic E-state index is 14.9. The summed E-state index contributed by atoms with van der Waals surface area (Å²) >= 11 is 0. The smallest absolute Gasteiger partial charge is 0.328 e. The van der Waals surface area contributed by atoms with E-state index in [1.807, 2.05) is 45.8 Å². The van der Waals surface area contributed by atoms with E-state index >= 15 is 0 Å². The van der Waals surface area contributed by atoms with E-state index in [4.69, 9.17) is 4.98 Å². The molecule has 4 rings (SSSR count). The van der Waals surface area contributed by atoms with E-state index in [2.05, 4.69) is 15.6 Å². The molecule has 1 aromatic heterocycles. The third-order valence-corrected chi connectivity index (χ3v) is 6.61. The summed E-state index contributed by atoms with van der Waals surface area (Å²) in [7, 11) is 3.85. The van der Waals surface area contributed by atoms with Gasteiger partial charge >= 0.3 is 6.03 Å². The maximum absolute atomic E-state index is 14.9. The van der Waals surface area contributed by atoms with Gasteiger partial charge < -0.3 is 20.4 Å². The molecule has 3 aromatic rings. The van der Waals surface area contributed by atoms with Gasteiger partial charge in [0.25, 0.3) is 5.91 Å². The minimum absolute atomic E-state index is 0.0434. The van der Waals surface area contributed by atoms with Gasteiger partial charge in [-0.25, -0.2) is 23.5 Å². The highest BCUT2D eigenvalue weighted by Crippen LogP contribution is 2.39. The van der Waals surface area contributed by atoms with Crippen molar-refractivity contribution in [3.05, 3.63) is 64.7 Å². The van der Waals surface area contributed by atoms with Crippen LogP contribution in [0.4, 0.5) is 31.0 Å². The summed E-state index contributed by atoms with van der Waals surface area (Å²) in [5, 5.41) is 5.85. The van der Waals surface area contributed by atoms with Crippen molar-refractivity contribution in [2.75, 3.05) is 50.5 Å². The highest BCUT2D eigenvalue weighted by Gasteiger charge is 2.34. The third kappa shape index (κ3) is 5.68. The average molecular weight is 538 g/mol. The molecule has 2 aromatic carbocycles. The standard InChI is InChI=1S/C28H33F2N7O2/c1-6-36(7-2)26(38)18-12-11-17(3)19(15-18)23-20-16-32-28(39)37(24-21(29)9-8-10-22(24)30)25(20)34-27(33-23)31-13-14-35(4)5/h8-12,15H,6-7,13-14,16H2,1-5H3,(H,32,39)(H,31,33,34). The Morgan fingerprint density at radius 1 is 1.10 bits per heavy atom. The highest BCUT2D eigenvalue weighted by atomic mass is 19.1. The topological polar surface area (TPSA) is 93.7 Å². The summed E-state index contributed by atoms with van der Waals surface area (Å²) in [6.45, 7) is 8.07. The molecule has 1 aliphatic rings. The Morgan fingerprint density at radius 2 is 1.79 bits per heavy atom. The molecule has 3 amide bonds. The van der Waals surface area contributed by atoms with Crippen molar-refractivity contribution >= 4 is 29.4 Å². The lowest BCUT2D eigenvalue weighted by molar-refractivity contribution is 0.0773. The monoisotopic (exact) mass is 537 g/mol. The number of nitrogens with one attached hydrogen (secondary N) is 2. The minimum atomic E-state index is -0.900. The minimum Gasteiger partial charge on any atom is -0.353 e. The number of hydrogen-bond donors (Lipinski definition) is 2. The molecule has 0 spiro atoms. The number of carbonyl (C=O) groups is 2. The number of aromatic nitrogens is 2. The van der Waals surface area contributed by atoms with Crippen LogP contribution < -0.4 is 15.5 Å². The van der Waals surface area contributed by atoms with Crippen LogP contribution in [0, 0.1) is 18.6 Å². The van der Waals surface area contributed by atoms with Crippen LogP contribution in [0.3, 0.4) is 0 Å². The normalized spacial score (nSPS) is 12.8. The van der Waals surface area contributed by atoms with Crippen LogP contribution in [0.5, 0.6) is 0 Å². The molecular weight excluding hydrogens is 504 g/mol. The lowest BCUT2D eigenvalue weighted by Gasteiger charge is -2.31. The van der Waals surface area contributed by atoms with E-state index in [1.165, 1.54) is 6.07 Å². The number of aryl methyl sites for hydroxylation is 1. The largest absolute Gasteiger partial charge is 0.353 e. The Labute approximate surface area is 226 Å². The van der Waals surface area contributed by atoms with Crippen molar-refractivity contribution in [3.8, 4) is 11.3 Å². The molecule has 206 valence electrons. The maximum Gasteiger partial charge on any atom is 0.328 e. The Bertz CT molecular complexity index is 1370. The van der Waals surface area contributed by atoms with Crippen molar-refractivity contribution in [1.82, 2.24) is 25.1 Å². The van der Waals surface area contributed by atoms with Crippen LogP contribution >= 0.6 is 0 Å². The molecule has 2 N–H and O–H groups in total. The Balaban J connectivity index is 1.93. The van der Waals surface area contributed by atoms with Crippen LogP contribution in [0.25, 0.3) is 11.3 Å². The number of hydrogen-bond acceptors (Lipinski definition) is 6. The lowest BCUT2D eigenvalue weighted by atomic mass is 9.97. The zero-order valence-corrected chi connectivity index (χ0v) is 22.8. The third-order valence-electron chi connectivity index (χ3n) is 6.61. The van der Waals surface area contributed by atoms with Gasteiger partial charge in [-0.05, 0) is 64.7 Å². The molecular formula is C28H33F2N7O2. The highest BCUT2D eigenvalue weighted by molar-refractivity contribution is 6.02. The fraction of sp³-hybridized carbons (Fsp3) is 0.357. The molecule has 0 saturated heterocycles.